The average molecular weight is 335 g/mol. The van der Waals surface area contributed by atoms with E-state index in [9.17, 15) is 18.3 Å². The zero-order valence-corrected chi connectivity index (χ0v) is 12.9. The molecule has 24 heavy (non-hydrogen) atoms. The van der Waals surface area contributed by atoms with E-state index in [-0.39, 0.29) is 6.54 Å². The molecule has 3 aromatic rings. The third-order valence-corrected chi connectivity index (χ3v) is 4.53. The van der Waals surface area contributed by atoms with Crippen molar-refractivity contribution in [3.05, 3.63) is 41.8 Å². The number of hydrogen-bond donors (Lipinski definition) is 2. The van der Waals surface area contributed by atoms with Gasteiger partial charge in [0.2, 0.25) is 0 Å². The fourth-order valence-corrected chi connectivity index (χ4v) is 3.53. The zero-order chi connectivity index (χ0) is 17.1. The van der Waals surface area contributed by atoms with Crippen LogP contribution < -0.4 is 5.32 Å². The Balaban J connectivity index is 2.10. The Morgan fingerprint density at radius 3 is 2.83 bits per heavy atom. The molecular formula is C17H16F3N3O. The smallest absolute Gasteiger partial charge is 0.283 e. The number of pyridine rings is 1. The van der Waals surface area contributed by atoms with Crippen LogP contribution in [-0.4, -0.2) is 39.8 Å². The number of rotatable bonds is 1. The predicted octanol–water partition coefficient (Wildman–Crippen LogP) is 2.78. The van der Waals surface area contributed by atoms with Gasteiger partial charge in [-0.1, -0.05) is 0 Å². The summed E-state index contributed by atoms with van der Waals surface area (Å²) in [4.78, 5) is 4.30. The highest BCUT2D eigenvalue weighted by Gasteiger charge is 2.49. The first-order valence-electron chi connectivity index (χ1n) is 7.71. The van der Waals surface area contributed by atoms with Crippen LogP contribution in [0, 0.1) is 12.7 Å². The molecule has 2 atom stereocenters. The molecule has 4 nitrogen and oxygen atoms in total. The van der Waals surface area contributed by atoms with Gasteiger partial charge < -0.3 is 15.0 Å². The molecule has 1 aliphatic heterocycles. The maximum atomic E-state index is 14.6. The number of aromatic nitrogens is 2. The van der Waals surface area contributed by atoms with Crippen molar-refractivity contribution in [2.24, 2.45) is 0 Å². The highest BCUT2D eigenvalue weighted by Crippen LogP contribution is 2.40. The molecule has 7 heteroatoms. The molecule has 0 amide bonds. The zero-order valence-electron chi connectivity index (χ0n) is 12.9. The second kappa shape index (κ2) is 5.19. The van der Waals surface area contributed by atoms with Crippen molar-refractivity contribution in [1.29, 1.82) is 0 Å². The summed E-state index contributed by atoms with van der Waals surface area (Å²) in [6.07, 6.45) is 0.306. The van der Waals surface area contributed by atoms with Crippen LogP contribution in [0.3, 0.4) is 0 Å². The number of halogens is 3. The summed E-state index contributed by atoms with van der Waals surface area (Å²) in [5.41, 5.74) is 1.62. The van der Waals surface area contributed by atoms with Gasteiger partial charge in [0.05, 0.1) is 18.2 Å². The summed E-state index contributed by atoms with van der Waals surface area (Å²) < 4.78 is 44.2. The van der Waals surface area contributed by atoms with E-state index in [0.717, 1.165) is 5.56 Å². The molecule has 126 valence electrons. The summed E-state index contributed by atoms with van der Waals surface area (Å²) in [5.74, 6) is -3.60. The normalized spacial score (nSPS) is 23.9. The first-order chi connectivity index (χ1) is 11.4. The fraction of sp³-hybridized carbons (Fsp3) is 0.353. The molecule has 0 saturated carbocycles. The van der Waals surface area contributed by atoms with E-state index >= 15 is 0 Å². The topological polar surface area (TPSA) is 50.1 Å². The van der Waals surface area contributed by atoms with Crippen LogP contribution in [0.1, 0.15) is 11.6 Å². The number of hydrogen-bond acceptors (Lipinski definition) is 3. The van der Waals surface area contributed by atoms with Gasteiger partial charge in [-0.15, -0.1) is 0 Å². The van der Waals surface area contributed by atoms with E-state index in [4.69, 9.17) is 0 Å². The molecule has 0 spiro atoms. The van der Waals surface area contributed by atoms with Crippen molar-refractivity contribution < 1.29 is 18.3 Å². The number of aliphatic hydroxyl groups is 1. The minimum absolute atomic E-state index is 0.0640. The van der Waals surface area contributed by atoms with Gasteiger partial charge in [-0.2, -0.15) is 0 Å². The number of fused-ring (bicyclic) bond motifs is 3. The van der Waals surface area contributed by atoms with E-state index in [0.29, 0.717) is 21.9 Å². The highest BCUT2D eigenvalue weighted by molar-refractivity contribution is 6.07. The standard InChI is InChI=1S/C17H16F3N3O/c1-9-4-12-11-5-10(18)2-3-13(11)23(16(12)22-6-9)15-14(24)7-21-8-17(15,19)20/h2-6,14-15,21,24H,7-8H2,1H3/t14-,15+/m0/s1. The van der Waals surface area contributed by atoms with Crippen LogP contribution in [0.5, 0.6) is 0 Å². The minimum atomic E-state index is -3.16. The quantitative estimate of drug-likeness (QED) is 0.719. The van der Waals surface area contributed by atoms with Crippen LogP contribution in [0.15, 0.2) is 30.5 Å². The summed E-state index contributed by atoms with van der Waals surface area (Å²) in [6.45, 7) is 1.38. The lowest BCUT2D eigenvalue weighted by Crippen LogP contribution is -2.54. The molecule has 2 aromatic heterocycles. The van der Waals surface area contributed by atoms with E-state index in [1.54, 1.807) is 12.3 Å². The van der Waals surface area contributed by atoms with Gasteiger partial charge in [0.15, 0.2) is 0 Å². The second-order valence-electron chi connectivity index (χ2n) is 6.32. The Bertz CT molecular complexity index is 878. The number of nitrogens with zero attached hydrogens (tertiary/aromatic N) is 2. The second-order valence-corrected chi connectivity index (χ2v) is 6.32. The molecule has 3 heterocycles. The molecule has 0 aliphatic carbocycles. The van der Waals surface area contributed by atoms with Crippen molar-refractivity contribution in [2.75, 3.05) is 13.1 Å². The summed E-state index contributed by atoms with van der Waals surface area (Å²) in [7, 11) is 0. The third-order valence-electron chi connectivity index (χ3n) is 4.53. The molecule has 0 unspecified atom stereocenters. The molecule has 1 fully saturated rings. The van der Waals surface area contributed by atoms with Crippen LogP contribution in [0.25, 0.3) is 21.9 Å². The summed E-state index contributed by atoms with van der Waals surface area (Å²) >= 11 is 0. The van der Waals surface area contributed by atoms with Crippen LogP contribution >= 0.6 is 0 Å². The highest BCUT2D eigenvalue weighted by atomic mass is 19.3. The van der Waals surface area contributed by atoms with Crippen LogP contribution in [0.2, 0.25) is 0 Å². The molecule has 4 rings (SSSR count). The van der Waals surface area contributed by atoms with Gasteiger partial charge in [0.25, 0.3) is 5.92 Å². The Morgan fingerprint density at radius 2 is 2.08 bits per heavy atom. The van der Waals surface area contributed by atoms with E-state index in [1.807, 2.05) is 6.92 Å². The summed E-state index contributed by atoms with van der Waals surface area (Å²) in [6, 6.07) is 4.36. The lowest BCUT2D eigenvalue weighted by molar-refractivity contribution is -0.110. The van der Waals surface area contributed by atoms with Gasteiger partial charge in [-0.25, -0.2) is 18.2 Å². The van der Waals surface area contributed by atoms with E-state index < -0.39 is 30.4 Å². The number of alkyl halides is 2. The van der Waals surface area contributed by atoms with Crippen molar-refractivity contribution in [3.63, 3.8) is 0 Å². The van der Waals surface area contributed by atoms with E-state index in [2.05, 4.69) is 10.3 Å². The van der Waals surface area contributed by atoms with E-state index in [1.165, 1.54) is 22.8 Å². The lowest BCUT2D eigenvalue weighted by atomic mass is 9.99. The number of β-amino-alcohol motifs (C(OH)–C–C–N with tert-alkyl or cyclic N) is 1. The Kier molecular flexibility index (Phi) is 3.33. The first kappa shape index (κ1) is 15.4. The van der Waals surface area contributed by atoms with Gasteiger partial charge in [-0.3, -0.25) is 0 Å². The van der Waals surface area contributed by atoms with Crippen molar-refractivity contribution >= 4 is 21.9 Å². The first-order valence-corrected chi connectivity index (χ1v) is 7.71. The Hall–Kier alpha value is -2.12. The average Bonchev–Trinajstić information content (AvgIpc) is 2.80. The number of aryl methyl sites for hydroxylation is 1. The monoisotopic (exact) mass is 335 g/mol. The number of benzene rings is 1. The van der Waals surface area contributed by atoms with Gasteiger partial charge in [-0.05, 0) is 36.8 Å². The summed E-state index contributed by atoms with van der Waals surface area (Å²) in [5, 5.41) is 13.9. The van der Waals surface area contributed by atoms with Gasteiger partial charge >= 0.3 is 0 Å². The fourth-order valence-electron chi connectivity index (χ4n) is 3.53. The predicted molar refractivity (Wildman–Crippen MR) is 84.8 cm³/mol. The van der Waals surface area contributed by atoms with Crippen LogP contribution in [-0.2, 0) is 0 Å². The third kappa shape index (κ3) is 2.19. The van der Waals surface area contributed by atoms with Crippen molar-refractivity contribution in [3.8, 4) is 0 Å². The Morgan fingerprint density at radius 1 is 1.29 bits per heavy atom. The lowest BCUT2D eigenvalue weighted by Gasteiger charge is -2.37. The maximum absolute atomic E-state index is 14.6. The van der Waals surface area contributed by atoms with Crippen molar-refractivity contribution in [2.45, 2.75) is 25.0 Å². The molecule has 2 N–H and O–H groups in total. The minimum Gasteiger partial charge on any atom is -0.389 e. The molecule has 0 radical (unpaired) electrons. The van der Waals surface area contributed by atoms with Crippen molar-refractivity contribution in [1.82, 2.24) is 14.9 Å². The molecule has 1 saturated heterocycles. The number of nitrogens with one attached hydrogen (secondary N) is 1. The molecule has 0 bridgehead atoms. The molecule has 1 aromatic carbocycles. The molecule has 1 aliphatic rings. The van der Waals surface area contributed by atoms with Gasteiger partial charge in [0.1, 0.15) is 17.5 Å². The van der Waals surface area contributed by atoms with Gasteiger partial charge in [0, 0.05) is 23.5 Å². The SMILES string of the molecule is Cc1cnc2c(c1)c1cc(F)ccc1n2[C@@H]1[C@@H](O)CNCC1(F)F. The Labute approximate surface area is 135 Å². The van der Waals surface area contributed by atoms with Crippen LogP contribution in [0.4, 0.5) is 13.2 Å². The largest absolute Gasteiger partial charge is 0.389 e. The maximum Gasteiger partial charge on any atom is 0.283 e. The number of aliphatic hydroxyl groups excluding tert-OH is 1. The number of piperidine rings is 1. The molecular weight excluding hydrogens is 319 g/mol.